The zero-order valence-corrected chi connectivity index (χ0v) is 21.9. The molecule has 2 unspecified atom stereocenters. The van der Waals surface area contributed by atoms with Crippen molar-refractivity contribution in [1.29, 1.82) is 0 Å². The minimum absolute atomic E-state index is 0.0817. The normalized spacial score (nSPS) is 20.1. The summed E-state index contributed by atoms with van der Waals surface area (Å²) in [5, 5.41) is 14.9. The number of carbonyl (C=O) groups excluding carboxylic acids is 1. The molecule has 0 bridgehead atoms. The molecule has 0 saturated heterocycles. The van der Waals surface area contributed by atoms with E-state index in [-0.39, 0.29) is 24.7 Å². The van der Waals surface area contributed by atoms with E-state index < -0.39 is 11.1 Å². The van der Waals surface area contributed by atoms with Crippen LogP contribution in [0.1, 0.15) is 66.7 Å². The zero-order chi connectivity index (χ0) is 26.4. The van der Waals surface area contributed by atoms with Gasteiger partial charge in [0.15, 0.2) is 17.3 Å². The lowest BCUT2D eigenvalue weighted by molar-refractivity contribution is 0.0397. The van der Waals surface area contributed by atoms with Gasteiger partial charge in [0.2, 0.25) is 0 Å². The van der Waals surface area contributed by atoms with E-state index in [1.807, 2.05) is 44.2 Å². The van der Waals surface area contributed by atoms with Crippen LogP contribution >= 0.6 is 0 Å². The zero-order valence-electron chi connectivity index (χ0n) is 21.9. The van der Waals surface area contributed by atoms with Crippen molar-refractivity contribution in [1.82, 2.24) is 4.98 Å². The largest absolute Gasteiger partial charge is 0.493 e. The summed E-state index contributed by atoms with van der Waals surface area (Å²) < 4.78 is 11.3. The molecule has 5 rings (SSSR count). The Morgan fingerprint density at radius 1 is 1.19 bits per heavy atom. The minimum atomic E-state index is -1.33. The maximum absolute atomic E-state index is 13.1. The maximum Gasteiger partial charge on any atom is 0.163 e. The summed E-state index contributed by atoms with van der Waals surface area (Å²) in [5.74, 6) is 1.11. The fraction of sp³-hybridized carbons (Fsp3) is 0.400. The standard InChI is InChI=1S/C30H35N3O4/c1-18-5-7-19(8-6-18)27-28-22(29(2,31)17-32-28)16-26(33-27)30(3,35)14-13-23(34)20-9-12-24(25(15-20)36-4)37-21-10-11-21/h5-9,12,15-16,21,32,35H,10-11,13-14,17,31H2,1-4H3. The van der Waals surface area contributed by atoms with Gasteiger partial charge in [0, 0.05) is 29.7 Å². The van der Waals surface area contributed by atoms with Crippen molar-refractivity contribution in [3.63, 3.8) is 0 Å². The topological polar surface area (TPSA) is 107 Å². The molecule has 1 aliphatic heterocycles. The Bertz CT molecular complexity index is 1330. The number of aryl methyl sites for hydroxylation is 1. The summed E-state index contributed by atoms with van der Waals surface area (Å²) >= 11 is 0. The van der Waals surface area contributed by atoms with Crippen LogP contribution in [-0.2, 0) is 11.1 Å². The van der Waals surface area contributed by atoms with E-state index in [2.05, 4.69) is 5.32 Å². The molecule has 2 aromatic carbocycles. The summed E-state index contributed by atoms with van der Waals surface area (Å²) in [5.41, 5.74) is 10.4. The van der Waals surface area contributed by atoms with Crippen LogP contribution in [0.3, 0.4) is 0 Å². The van der Waals surface area contributed by atoms with Gasteiger partial charge in [-0.25, -0.2) is 4.98 Å². The van der Waals surface area contributed by atoms with Crippen molar-refractivity contribution < 1.29 is 19.4 Å². The first-order valence-corrected chi connectivity index (χ1v) is 12.8. The first-order valence-electron chi connectivity index (χ1n) is 12.8. The summed E-state index contributed by atoms with van der Waals surface area (Å²) in [6.45, 7) is 6.29. The lowest BCUT2D eigenvalue weighted by Crippen LogP contribution is -2.35. The van der Waals surface area contributed by atoms with Gasteiger partial charge in [0.25, 0.3) is 0 Å². The predicted molar refractivity (Wildman–Crippen MR) is 144 cm³/mol. The Labute approximate surface area is 218 Å². The van der Waals surface area contributed by atoms with Gasteiger partial charge in [-0.3, -0.25) is 4.79 Å². The molecule has 37 heavy (non-hydrogen) atoms. The fourth-order valence-corrected chi connectivity index (χ4v) is 4.67. The van der Waals surface area contributed by atoms with Crippen LogP contribution < -0.4 is 20.5 Å². The molecule has 0 radical (unpaired) electrons. The summed E-state index contributed by atoms with van der Waals surface area (Å²) in [4.78, 5) is 18.0. The third-order valence-electron chi connectivity index (χ3n) is 7.29. The number of fused-ring (bicyclic) bond motifs is 1. The molecular formula is C30H35N3O4. The van der Waals surface area contributed by atoms with Gasteiger partial charge in [0.05, 0.1) is 35.8 Å². The van der Waals surface area contributed by atoms with Crippen LogP contribution in [0.5, 0.6) is 11.5 Å². The van der Waals surface area contributed by atoms with Crippen LogP contribution in [0, 0.1) is 6.92 Å². The monoisotopic (exact) mass is 501 g/mol. The van der Waals surface area contributed by atoms with Gasteiger partial charge in [-0.05, 0) is 64.3 Å². The molecule has 1 aliphatic carbocycles. The highest BCUT2D eigenvalue weighted by Gasteiger charge is 2.36. The smallest absolute Gasteiger partial charge is 0.163 e. The third kappa shape index (κ3) is 5.20. The summed E-state index contributed by atoms with van der Waals surface area (Å²) in [6, 6.07) is 15.3. The molecule has 0 amide bonds. The van der Waals surface area contributed by atoms with Gasteiger partial charge in [0.1, 0.15) is 5.60 Å². The molecule has 1 fully saturated rings. The van der Waals surface area contributed by atoms with Crippen LogP contribution in [0.4, 0.5) is 5.69 Å². The number of Topliss-reactive ketones (excluding diaryl/α,β-unsaturated/α-hetero) is 1. The van der Waals surface area contributed by atoms with Gasteiger partial charge < -0.3 is 25.6 Å². The van der Waals surface area contributed by atoms with Crippen molar-refractivity contribution in [3.8, 4) is 22.8 Å². The Balaban J connectivity index is 1.40. The second-order valence-corrected chi connectivity index (χ2v) is 10.8. The summed E-state index contributed by atoms with van der Waals surface area (Å²) in [7, 11) is 1.57. The van der Waals surface area contributed by atoms with Crippen molar-refractivity contribution in [3.05, 3.63) is 70.9 Å². The highest BCUT2D eigenvalue weighted by molar-refractivity contribution is 5.96. The molecule has 1 saturated carbocycles. The van der Waals surface area contributed by atoms with E-state index in [1.165, 1.54) is 0 Å². The van der Waals surface area contributed by atoms with E-state index in [0.29, 0.717) is 29.3 Å². The molecule has 3 aromatic rings. The van der Waals surface area contributed by atoms with Crippen molar-refractivity contribution in [2.75, 3.05) is 19.0 Å². The number of methoxy groups -OCH3 is 1. The Morgan fingerprint density at radius 2 is 1.92 bits per heavy atom. The predicted octanol–water partition coefficient (Wildman–Crippen LogP) is 5.08. The first kappa shape index (κ1) is 25.2. The van der Waals surface area contributed by atoms with Crippen molar-refractivity contribution in [2.45, 2.75) is 63.7 Å². The maximum atomic E-state index is 13.1. The number of hydrogen-bond donors (Lipinski definition) is 3. The minimum Gasteiger partial charge on any atom is -0.493 e. The lowest BCUT2D eigenvalue weighted by atomic mass is 9.88. The number of carbonyl (C=O) groups is 1. The van der Waals surface area contributed by atoms with E-state index in [4.69, 9.17) is 20.2 Å². The highest BCUT2D eigenvalue weighted by Crippen LogP contribution is 2.42. The van der Waals surface area contributed by atoms with Gasteiger partial charge in [-0.1, -0.05) is 29.8 Å². The van der Waals surface area contributed by atoms with Crippen LogP contribution in [0.15, 0.2) is 48.5 Å². The van der Waals surface area contributed by atoms with E-state index in [9.17, 15) is 9.90 Å². The number of pyridine rings is 1. The second-order valence-electron chi connectivity index (χ2n) is 10.8. The Kier molecular flexibility index (Phi) is 6.46. The molecule has 0 spiro atoms. The lowest BCUT2D eigenvalue weighted by Gasteiger charge is -2.26. The number of nitrogens with zero attached hydrogens (tertiary/aromatic N) is 1. The Morgan fingerprint density at radius 3 is 2.59 bits per heavy atom. The van der Waals surface area contributed by atoms with Crippen LogP contribution in [0.25, 0.3) is 11.3 Å². The number of nitrogens with one attached hydrogen (secondary N) is 1. The second kappa shape index (κ2) is 9.47. The molecule has 194 valence electrons. The number of ketones is 1. The van der Waals surface area contributed by atoms with Crippen molar-refractivity contribution >= 4 is 11.5 Å². The first-order chi connectivity index (χ1) is 17.6. The Hall–Kier alpha value is -3.42. The van der Waals surface area contributed by atoms with Gasteiger partial charge >= 0.3 is 0 Å². The van der Waals surface area contributed by atoms with E-state index >= 15 is 0 Å². The van der Waals surface area contributed by atoms with Crippen LogP contribution in [0.2, 0.25) is 0 Å². The highest BCUT2D eigenvalue weighted by atomic mass is 16.5. The van der Waals surface area contributed by atoms with E-state index in [1.54, 1.807) is 32.2 Å². The molecule has 2 atom stereocenters. The molecule has 7 heteroatoms. The quantitative estimate of drug-likeness (QED) is 0.351. The molecule has 7 nitrogen and oxygen atoms in total. The molecular weight excluding hydrogens is 466 g/mol. The fourth-order valence-electron chi connectivity index (χ4n) is 4.67. The number of rotatable bonds is 9. The van der Waals surface area contributed by atoms with Crippen molar-refractivity contribution in [2.24, 2.45) is 5.73 Å². The average Bonchev–Trinajstić information content (AvgIpc) is 3.64. The van der Waals surface area contributed by atoms with E-state index in [0.717, 1.165) is 40.9 Å². The third-order valence-corrected chi connectivity index (χ3v) is 7.29. The molecule has 2 aliphatic rings. The number of nitrogens with two attached hydrogens (primary N) is 1. The van der Waals surface area contributed by atoms with Crippen LogP contribution in [-0.4, -0.2) is 35.6 Å². The SMILES string of the molecule is COc1cc(C(=O)CCC(C)(O)c2cc3c(c(-c4ccc(C)cc4)n2)NCC3(C)N)ccc1OC1CC1. The molecule has 1 aromatic heterocycles. The number of hydrogen-bond acceptors (Lipinski definition) is 7. The molecule has 2 heterocycles. The number of anilines is 1. The van der Waals surface area contributed by atoms with Gasteiger partial charge in [-0.15, -0.1) is 0 Å². The molecule has 4 N–H and O–H groups in total. The number of aromatic nitrogens is 1. The van der Waals surface area contributed by atoms with Gasteiger partial charge in [-0.2, -0.15) is 0 Å². The number of ether oxygens (including phenoxy) is 2. The average molecular weight is 502 g/mol. The summed E-state index contributed by atoms with van der Waals surface area (Å²) in [6.07, 6.45) is 2.68. The number of benzene rings is 2. The number of aliphatic hydroxyl groups is 1.